The first-order valence-corrected chi connectivity index (χ1v) is 8.94. The lowest BCUT2D eigenvalue weighted by molar-refractivity contribution is -0.120. The third-order valence-corrected chi connectivity index (χ3v) is 4.53. The van der Waals surface area contributed by atoms with Crippen LogP contribution in [0.15, 0.2) is 24.3 Å². The summed E-state index contributed by atoms with van der Waals surface area (Å²) in [6.45, 7) is 7.94. The zero-order chi connectivity index (χ0) is 17.2. The summed E-state index contributed by atoms with van der Waals surface area (Å²) in [4.78, 5) is 14.3. The van der Waals surface area contributed by atoms with Gasteiger partial charge in [-0.15, -0.1) is 24.8 Å². The molecule has 0 bridgehead atoms. The number of rotatable bonds is 9. The van der Waals surface area contributed by atoms with E-state index >= 15 is 0 Å². The lowest BCUT2D eigenvalue weighted by Crippen LogP contribution is -2.35. The lowest BCUT2D eigenvalue weighted by atomic mass is 9.98. The Balaban J connectivity index is 0.00000312. The van der Waals surface area contributed by atoms with Gasteiger partial charge in [0, 0.05) is 26.7 Å². The van der Waals surface area contributed by atoms with Crippen LogP contribution in [0.4, 0.5) is 0 Å². The molecule has 1 aliphatic heterocycles. The Morgan fingerprint density at radius 1 is 1.23 bits per heavy atom. The minimum Gasteiger partial charge on any atom is -0.383 e. The van der Waals surface area contributed by atoms with Gasteiger partial charge in [0.1, 0.15) is 0 Å². The summed E-state index contributed by atoms with van der Waals surface area (Å²) in [7, 11) is 1.65. The fourth-order valence-corrected chi connectivity index (χ4v) is 2.96. The molecule has 1 heterocycles. The Labute approximate surface area is 170 Å². The third-order valence-electron chi connectivity index (χ3n) is 4.53. The Morgan fingerprint density at radius 2 is 1.92 bits per heavy atom. The van der Waals surface area contributed by atoms with Gasteiger partial charge in [0.05, 0.1) is 13.2 Å². The molecule has 1 aliphatic rings. The second kappa shape index (κ2) is 14.2. The van der Waals surface area contributed by atoms with Crippen molar-refractivity contribution in [1.29, 1.82) is 0 Å². The molecule has 1 saturated heterocycles. The molecule has 0 unspecified atom stereocenters. The van der Waals surface area contributed by atoms with Crippen LogP contribution in [-0.2, 0) is 22.6 Å². The fourth-order valence-electron chi connectivity index (χ4n) is 2.96. The number of hydrogen-bond acceptors (Lipinski definition) is 4. The summed E-state index contributed by atoms with van der Waals surface area (Å²) in [5, 5.41) is 6.00. The van der Waals surface area contributed by atoms with E-state index in [-0.39, 0.29) is 30.7 Å². The molecule has 0 radical (unpaired) electrons. The lowest BCUT2D eigenvalue weighted by Gasteiger charge is -2.30. The van der Waals surface area contributed by atoms with Crippen LogP contribution in [0.1, 0.15) is 30.9 Å². The van der Waals surface area contributed by atoms with Crippen molar-refractivity contribution < 1.29 is 9.53 Å². The van der Waals surface area contributed by atoms with Crippen molar-refractivity contribution in [2.45, 2.75) is 32.9 Å². The van der Waals surface area contributed by atoms with Crippen LogP contribution in [0.5, 0.6) is 0 Å². The van der Waals surface area contributed by atoms with E-state index in [9.17, 15) is 4.79 Å². The van der Waals surface area contributed by atoms with E-state index in [1.807, 2.05) is 0 Å². The monoisotopic (exact) mass is 405 g/mol. The van der Waals surface area contributed by atoms with Crippen molar-refractivity contribution >= 4 is 30.7 Å². The number of piperidine rings is 1. The summed E-state index contributed by atoms with van der Waals surface area (Å²) in [6.07, 6.45) is 2.59. The van der Waals surface area contributed by atoms with Gasteiger partial charge in [-0.1, -0.05) is 31.2 Å². The summed E-state index contributed by atoms with van der Waals surface area (Å²) >= 11 is 0. The molecule has 150 valence electrons. The number of halogens is 2. The molecule has 0 saturated carbocycles. The molecular formula is C19H33Cl2N3O2. The number of likely N-dealkylation sites (tertiary alicyclic amines) is 1. The number of ether oxygens (including phenoxy) is 1. The first-order valence-electron chi connectivity index (χ1n) is 8.94. The molecule has 2 N–H and O–H groups in total. The van der Waals surface area contributed by atoms with E-state index in [1.54, 1.807) is 7.11 Å². The van der Waals surface area contributed by atoms with Crippen LogP contribution in [0, 0.1) is 5.92 Å². The largest absolute Gasteiger partial charge is 0.383 e. The van der Waals surface area contributed by atoms with E-state index < -0.39 is 0 Å². The van der Waals surface area contributed by atoms with Crippen LogP contribution in [0.25, 0.3) is 0 Å². The number of carbonyl (C=O) groups is 1. The van der Waals surface area contributed by atoms with Crippen LogP contribution in [-0.4, -0.2) is 50.7 Å². The van der Waals surface area contributed by atoms with Crippen molar-refractivity contribution in [1.82, 2.24) is 15.5 Å². The highest BCUT2D eigenvalue weighted by atomic mass is 35.5. The van der Waals surface area contributed by atoms with Gasteiger partial charge in [-0.2, -0.15) is 0 Å². The maximum Gasteiger partial charge on any atom is 0.234 e. The van der Waals surface area contributed by atoms with Crippen molar-refractivity contribution in [3.05, 3.63) is 35.4 Å². The molecule has 1 amide bonds. The molecule has 5 nitrogen and oxygen atoms in total. The van der Waals surface area contributed by atoms with Crippen LogP contribution in [0.2, 0.25) is 0 Å². The van der Waals surface area contributed by atoms with Gasteiger partial charge in [0.15, 0.2) is 0 Å². The highest BCUT2D eigenvalue weighted by molar-refractivity contribution is 5.85. The molecule has 1 aromatic carbocycles. The van der Waals surface area contributed by atoms with Gasteiger partial charge in [-0.25, -0.2) is 0 Å². The topological polar surface area (TPSA) is 53.6 Å². The average Bonchev–Trinajstić information content (AvgIpc) is 2.59. The SMILES string of the molecule is COCCNCC(=O)NCc1cccc(CN2CCC(C)CC2)c1.Cl.Cl. The van der Waals surface area contributed by atoms with Crippen molar-refractivity contribution in [2.24, 2.45) is 5.92 Å². The fraction of sp³-hybridized carbons (Fsp3) is 0.632. The normalized spacial score (nSPS) is 15.0. The second-order valence-corrected chi connectivity index (χ2v) is 6.72. The smallest absolute Gasteiger partial charge is 0.234 e. The van der Waals surface area contributed by atoms with E-state index in [0.29, 0.717) is 26.2 Å². The summed E-state index contributed by atoms with van der Waals surface area (Å²) in [5.41, 5.74) is 2.48. The quantitative estimate of drug-likeness (QED) is 0.619. The summed E-state index contributed by atoms with van der Waals surface area (Å²) < 4.78 is 4.94. The number of hydrogen-bond donors (Lipinski definition) is 2. The van der Waals surface area contributed by atoms with Gasteiger partial charge in [0.2, 0.25) is 5.91 Å². The second-order valence-electron chi connectivity index (χ2n) is 6.72. The minimum absolute atomic E-state index is 0. The Hall–Kier alpha value is -0.850. The number of nitrogens with zero attached hydrogens (tertiary/aromatic N) is 1. The highest BCUT2D eigenvalue weighted by Gasteiger charge is 2.15. The highest BCUT2D eigenvalue weighted by Crippen LogP contribution is 2.18. The molecule has 0 aromatic heterocycles. The van der Waals surface area contributed by atoms with Gasteiger partial charge in [-0.3, -0.25) is 9.69 Å². The first-order chi connectivity index (χ1) is 11.7. The average molecular weight is 406 g/mol. The number of amides is 1. The van der Waals surface area contributed by atoms with Gasteiger partial charge < -0.3 is 15.4 Å². The van der Waals surface area contributed by atoms with Crippen LogP contribution in [0.3, 0.4) is 0 Å². The van der Waals surface area contributed by atoms with E-state index in [0.717, 1.165) is 18.0 Å². The van der Waals surface area contributed by atoms with E-state index in [2.05, 4.69) is 46.7 Å². The maximum absolute atomic E-state index is 11.8. The van der Waals surface area contributed by atoms with Gasteiger partial charge in [0.25, 0.3) is 0 Å². The van der Waals surface area contributed by atoms with Crippen LogP contribution >= 0.6 is 24.8 Å². The summed E-state index contributed by atoms with van der Waals surface area (Å²) in [5.74, 6) is 0.877. The predicted molar refractivity (Wildman–Crippen MR) is 111 cm³/mol. The standard InChI is InChI=1S/C19H31N3O2.2ClH/c1-16-6-9-22(10-7-16)15-18-5-3-4-17(12-18)13-21-19(23)14-20-8-11-24-2;;/h3-5,12,16,20H,6-11,13-15H2,1-2H3,(H,21,23);2*1H. The maximum atomic E-state index is 11.8. The van der Waals surface area contributed by atoms with E-state index in [4.69, 9.17) is 4.74 Å². The molecular weight excluding hydrogens is 373 g/mol. The van der Waals surface area contributed by atoms with Gasteiger partial charge >= 0.3 is 0 Å². The molecule has 1 aromatic rings. The zero-order valence-electron chi connectivity index (χ0n) is 15.8. The number of benzene rings is 1. The molecule has 1 fully saturated rings. The zero-order valence-corrected chi connectivity index (χ0v) is 17.5. The number of carbonyl (C=O) groups excluding carboxylic acids is 1. The Kier molecular flexibility index (Phi) is 13.8. The van der Waals surface area contributed by atoms with Crippen LogP contribution < -0.4 is 10.6 Å². The van der Waals surface area contributed by atoms with Gasteiger partial charge in [-0.05, 0) is 43.0 Å². The minimum atomic E-state index is 0. The predicted octanol–water partition coefficient (Wildman–Crippen LogP) is 2.61. The Bertz CT molecular complexity index is 509. The first kappa shape index (κ1) is 25.1. The van der Waals surface area contributed by atoms with Crippen molar-refractivity contribution in [3.63, 3.8) is 0 Å². The number of nitrogens with one attached hydrogen (secondary N) is 2. The molecule has 0 spiro atoms. The third kappa shape index (κ3) is 9.74. The molecule has 2 rings (SSSR count). The Morgan fingerprint density at radius 3 is 2.62 bits per heavy atom. The molecule has 7 heteroatoms. The van der Waals surface area contributed by atoms with Crippen molar-refractivity contribution in [2.75, 3.05) is 39.9 Å². The summed E-state index contributed by atoms with van der Waals surface area (Å²) in [6, 6.07) is 8.53. The van der Waals surface area contributed by atoms with Crippen molar-refractivity contribution in [3.8, 4) is 0 Å². The number of methoxy groups -OCH3 is 1. The van der Waals surface area contributed by atoms with E-state index in [1.165, 1.54) is 31.5 Å². The molecule has 0 aliphatic carbocycles. The molecule has 0 atom stereocenters. The molecule has 26 heavy (non-hydrogen) atoms.